The average Bonchev–Trinajstić information content (AvgIpc) is 2.53. The SMILES string of the molecule is CCCCN(CC1(CO)CCOCC1)c1ccccc1. The van der Waals surface area contributed by atoms with E-state index in [1.165, 1.54) is 18.5 Å². The molecule has 0 aliphatic carbocycles. The molecular formula is C17H27NO2. The van der Waals surface area contributed by atoms with Crippen LogP contribution in [-0.2, 0) is 4.74 Å². The predicted molar refractivity (Wildman–Crippen MR) is 83.1 cm³/mol. The van der Waals surface area contributed by atoms with E-state index >= 15 is 0 Å². The molecular weight excluding hydrogens is 250 g/mol. The van der Waals surface area contributed by atoms with Crippen molar-refractivity contribution in [1.29, 1.82) is 0 Å². The first-order valence-electron chi connectivity index (χ1n) is 7.78. The van der Waals surface area contributed by atoms with Crippen molar-refractivity contribution in [3.63, 3.8) is 0 Å². The Hall–Kier alpha value is -1.06. The Morgan fingerprint density at radius 2 is 1.90 bits per heavy atom. The molecule has 0 spiro atoms. The highest BCUT2D eigenvalue weighted by Gasteiger charge is 2.34. The number of hydrogen-bond acceptors (Lipinski definition) is 3. The molecule has 1 aliphatic rings. The summed E-state index contributed by atoms with van der Waals surface area (Å²) in [5.41, 5.74) is 1.27. The fourth-order valence-electron chi connectivity index (χ4n) is 2.86. The van der Waals surface area contributed by atoms with Crippen molar-refractivity contribution in [3.05, 3.63) is 30.3 Å². The van der Waals surface area contributed by atoms with E-state index in [9.17, 15) is 5.11 Å². The van der Waals surface area contributed by atoms with Gasteiger partial charge in [-0.25, -0.2) is 0 Å². The lowest BCUT2D eigenvalue weighted by molar-refractivity contribution is -0.0118. The average molecular weight is 277 g/mol. The van der Waals surface area contributed by atoms with Crippen LogP contribution in [0.3, 0.4) is 0 Å². The Balaban J connectivity index is 2.10. The van der Waals surface area contributed by atoms with E-state index in [1.54, 1.807) is 0 Å². The van der Waals surface area contributed by atoms with Gasteiger partial charge in [0.2, 0.25) is 0 Å². The number of nitrogens with zero attached hydrogens (tertiary/aromatic N) is 1. The van der Waals surface area contributed by atoms with Gasteiger partial charge in [-0.2, -0.15) is 0 Å². The molecule has 1 saturated heterocycles. The molecule has 3 heteroatoms. The van der Waals surface area contributed by atoms with Crippen LogP contribution in [0.25, 0.3) is 0 Å². The molecule has 0 amide bonds. The molecule has 1 heterocycles. The second kappa shape index (κ2) is 7.65. The maximum Gasteiger partial charge on any atom is 0.0506 e. The fourth-order valence-corrected chi connectivity index (χ4v) is 2.86. The molecule has 0 unspecified atom stereocenters. The van der Waals surface area contributed by atoms with Gasteiger partial charge in [0.05, 0.1) is 6.61 Å². The van der Waals surface area contributed by atoms with E-state index in [4.69, 9.17) is 4.74 Å². The molecule has 1 aromatic rings. The summed E-state index contributed by atoms with van der Waals surface area (Å²) in [5, 5.41) is 9.88. The first kappa shape index (κ1) is 15.3. The van der Waals surface area contributed by atoms with Gasteiger partial charge in [-0.15, -0.1) is 0 Å². The summed E-state index contributed by atoms with van der Waals surface area (Å²) >= 11 is 0. The van der Waals surface area contributed by atoms with Gasteiger partial charge in [-0.05, 0) is 31.4 Å². The number of hydrogen-bond donors (Lipinski definition) is 1. The minimum absolute atomic E-state index is 0.00182. The Morgan fingerprint density at radius 3 is 2.50 bits per heavy atom. The maximum absolute atomic E-state index is 9.88. The van der Waals surface area contributed by atoms with E-state index < -0.39 is 0 Å². The molecule has 0 bridgehead atoms. The number of anilines is 1. The van der Waals surface area contributed by atoms with Crippen molar-refractivity contribution in [2.24, 2.45) is 5.41 Å². The molecule has 112 valence electrons. The largest absolute Gasteiger partial charge is 0.396 e. The maximum atomic E-state index is 9.88. The van der Waals surface area contributed by atoms with Crippen molar-refractivity contribution in [2.75, 3.05) is 37.8 Å². The number of benzene rings is 1. The van der Waals surface area contributed by atoms with Gasteiger partial charge < -0.3 is 14.7 Å². The Labute approximate surface area is 122 Å². The molecule has 0 atom stereocenters. The van der Waals surface area contributed by atoms with E-state index in [2.05, 4.69) is 42.2 Å². The van der Waals surface area contributed by atoms with Gasteiger partial charge in [0.15, 0.2) is 0 Å². The van der Waals surface area contributed by atoms with E-state index in [0.717, 1.165) is 39.1 Å². The second-order valence-electron chi connectivity index (χ2n) is 5.88. The predicted octanol–water partition coefficient (Wildman–Crippen LogP) is 3.08. The summed E-state index contributed by atoms with van der Waals surface area (Å²) in [7, 11) is 0. The molecule has 0 radical (unpaired) electrons. The minimum atomic E-state index is 0.00182. The zero-order valence-corrected chi connectivity index (χ0v) is 12.6. The Kier molecular flexibility index (Phi) is 5.86. The molecule has 1 N–H and O–H groups in total. The van der Waals surface area contributed by atoms with Gasteiger partial charge in [0.1, 0.15) is 0 Å². The third-order valence-electron chi connectivity index (χ3n) is 4.32. The second-order valence-corrected chi connectivity index (χ2v) is 5.88. The van der Waals surface area contributed by atoms with Gasteiger partial charge >= 0.3 is 0 Å². The molecule has 0 aromatic heterocycles. The summed E-state index contributed by atoms with van der Waals surface area (Å²) in [6.45, 7) is 6.01. The summed E-state index contributed by atoms with van der Waals surface area (Å²) in [6.07, 6.45) is 4.30. The third-order valence-corrected chi connectivity index (χ3v) is 4.32. The monoisotopic (exact) mass is 277 g/mol. The first-order chi connectivity index (χ1) is 9.79. The smallest absolute Gasteiger partial charge is 0.0506 e. The summed E-state index contributed by atoms with van der Waals surface area (Å²) in [5.74, 6) is 0. The van der Waals surface area contributed by atoms with Crippen LogP contribution in [0.15, 0.2) is 30.3 Å². The number of aliphatic hydroxyl groups is 1. The molecule has 1 fully saturated rings. The molecule has 20 heavy (non-hydrogen) atoms. The standard InChI is InChI=1S/C17H27NO2/c1-2-3-11-18(16-7-5-4-6-8-16)14-17(15-19)9-12-20-13-10-17/h4-8,19H,2-3,9-15H2,1H3. The first-order valence-corrected chi connectivity index (χ1v) is 7.78. The lowest BCUT2D eigenvalue weighted by Gasteiger charge is -2.40. The van der Waals surface area contributed by atoms with Crippen LogP contribution in [0.1, 0.15) is 32.6 Å². The third kappa shape index (κ3) is 3.97. The molecule has 3 nitrogen and oxygen atoms in total. The fraction of sp³-hybridized carbons (Fsp3) is 0.647. The van der Waals surface area contributed by atoms with Crippen LogP contribution >= 0.6 is 0 Å². The van der Waals surface area contributed by atoms with E-state index in [1.807, 2.05) is 0 Å². The van der Waals surface area contributed by atoms with E-state index in [-0.39, 0.29) is 12.0 Å². The summed E-state index contributed by atoms with van der Waals surface area (Å²) in [4.78, 5) is 2.44. The van der Waals surface area contributed by atoms with Gasteiger partial charge in [0.25, 0.3) is 0 Å². The van der Waals surface area contributed by atoms with Crippen molar-refractivity contribution in [1.82, 2.24) is 0 Å². The zero-order valence-electron chi connectivity index (χ0n) is 12.6. The topological polar surface area (TPSA) is 32.7 Å². The van der Waals surface area contributed by atoms with Gasteiger partial charge in [-0.3, -0.25) is 0 Å². The Bertz CT molecular complexity index is 374. The summed E-state index contributed by atoms with van der Waals surface area (Å²) < 4.78 is 5.47. The van der Waals surface area contributed by atoms with Gasteiger partial charge in [-0.1, -0.05) is 31.5 Å². The van der Waals surface area contributed by atoms with Crippen molar-refractivity contribution >= 4 is 5.69 Å². The molecule has 0 saturated carbocycles. The van der Waals surface area contributed by atoms with Crippen molar-refractivity contribution in [2.45, 2.75) is 32.6 Å². The van der Waals surface area contributed by atoms with Crippen LogP contribution < -0.4 is 4.90 Å². The van der Waals surface area contributed by atoms with Crippen LogP contribution in [0.4, 0.5) is 5.69 Å². The number of aliphatic hydroxyl groups excluding tert-OH is 1. The highest BCUT2D eigenvalue weighted by molar-refractivity contribution is 5.46. The van der Waals surface area contributed by atoms with Crippen LogP contribution in [0.5, 0.6) is 0 Å². The number of rotatable bonds is 7. The lowest BCUT2D eigenvalue weighted by atomic mass is 9.80. The highest BCUT2D eigenvalue weighted by atomic mass is 16.5. The Morgan fingerprint density at radius 1 is 1.20 bits per heavy atom. The number of ether oxygens (including phenoxy) is 1. The van der Waals surface area contributed by atoms with Crippen LogP contribution in [0.2, 0.25) is 0 Å². The van der Waals surface area contributed by atoms with Crippen LogP contribution in [0, 0.1) is 5.41 Å². The minimum Gasteiger partial charge on any atom is -0.396 e. The normalized spacial score (nSPS) is 17.9. The lowest BCUT2D eigenvalue weighted by Crippen LogP contribution is -2.44. The number of unbranched alkanes of at least 4 members (excludes halogenated alkanes) is 1. The van der Waals surface area contributed by atoms with E-state index in [0.29, 0.717) is 0 Å². The highest BCUT2D eigenvalue weighted by Crippen LogP contribution is 2.32. The molecule has 1 aliphatic heterocycles. The van der Waals surface area contributed by atoms with Crippen molar-refractivity contribution < 1.29 is 9.84 Å². The zero-order chi connectivity index (χ0) is 14.3. The molecule has 1 aromatic carbocycles. The quantitative estimate of drug-likeness (QED) is 0.831. The molecule has 2 rings (SSSR count). The summed E-state index contributed by atoms with van der Waals surface area (Å²) in [6, 6.07) is 10.6. The van der Waals surface area contributed by atoms with Crippen molar-refractivity contribution in [3.8, 4) is 0 Å². The van der Waals surface area contributed by atoms with Gasteiger partial charge in [0, 0.05) is 37.4 Å². The number of para-hydroxylation sites is 1. The van der Waals surface area contributed by atoms with Crippen LogP contribution in [-0.4, -0.2) is 38.0 Å².